The number of benzene rings is 2. The highest BCUT2D eigenvalue weighted by molar-refractivity contribution is 5.98. The van der Waals surface area contributed by atoms with Crippen LogP contribution in [0.15, 0.2) is 60.7 Å². The van der Waals surface area contributed by atoms with Gasteiger partial charge in [0.25, 0.3) is 0 Å². The minimum Gasteiger partial charge on any atom is -0.394 e. The third kappa shape index (κ3) is 6.08. The number of carbonyl (C=O) groups is 3. The summed E-state index contributed by atoms with van der Waals surface area (Å²) in [5.74, 6) is -2.15. The molecule has 2 amide bonds. The van der Waals surface area contributed by atoms with Crippen molar-refractivity contribution in [1.82, 2.24) is 10.6 Å². The number of hydrogen-bond acceptors (Lipinski definition) is 6. The van der Waals surface area contributed by atoms with E-state index in [1.54, 1.807) is 0 Å². The van der Waals surface area contributed by atoms with Crippen molar-refractivity contribution in [3.63, 3.8) is 0 Å². The molecule has 182 valence electrons. The van der Waals surface area contributed by atoms with Crippen LogP contribution in [0.3, 0.4) is 0 Å². The lowest BCUT2D eigenvalue weighted by molar-refractivity contribution is -0.134. The first-order valence-electron chi connectivity index (χ1n) is 11.4. The summed E-state index contributed by atoms with van der Waals surface area (Å²) in [5, 5.41) is 24.7. The molecule has 2 aromatic rings. The zero-order chi connectivity index (χ0) is 24.7. The first kappa shape index (κ1) is 25.6. The van der Waals surface area contributed by atoms with Crippen LogP contribution < -0.4 is 10.6 Å². The van der Waals surface area contributed by atoms with Crippen molar-refractivity contribution in [2.24, 2.45) is 5.92 Å². The lowest BCUT2D eigenvalue weighted by Crippen LogP contribution is -2.56. The molecule has 1 fully saturated rings. The second-order valence-electron chi connectivity index (χ2n) is 8.99. The molecule has 3 atom stereocenters. The second-order valence-corrected chi connectivity index (χ2v) is 8.99. The molecule has 8 heteroatoms. The zero-order valence-electron chi connectivity index (χ0n) is 19.4. The number of rotatable bonds is 12. The van der Waals surface area contributed by atoms with Crippen molar-refractivity contribution >= 4 is 17.6 Å². The number of nitrogens with one attached hydrogen (secondary N) is 2. The molecule has 0 saturated carbocycles. The summed E-state index contributed by atoms with van der Waals surface area (Å²) in [6.07, 6.45) is 0.332. The Morgan fingerprint density at radius 1 is 0.882 bits per heavy atom. The van der Waals surface area contributed by atoms with E-state index in [0.717, 1.165) is 11.1 Å². The van der Waals surface area contributed by atoms with Crippen LogP contribution in [0.4, 0.5) is 0 Å². The van der Waals surface area contributed by atoms with Gasteiger partial charge in [-0.2, -0.15) is 0 Å². The highest BCUT2D eigenvalue weighted by Gasteiger charge is 2.54. The molecule has 1 aliphatic rings. The fourth-order valence-corrected chi connectivity index (χ4v) is 3.93. The molecule has 0 aliphatic carbocycles. The number of aliphatic hydroxyl groups excluding tert-OH is 2. The number of ketones is 1. The van der Waals surface area contributed by atoms with Crippen molar-refractivity contribution in [3.05, 3.63) is 71.8 Å². The molecular weight excluding hydrogens is 436 g/mol. The van der Waals surface area contributed by atoms with E-state index in [1.807, 2.05) is 74.5 Å². The molecule has 0 unspecified atom stereocenters. The van der Waals surface area contributed by atoms with Gasteiger partial charge < -0.3 is 25.6 Å². The number of aliphatic hydroxyl groups is 2. The fraction of sp³-hybridized carbons (Fsp3) is 0.423. The Morgan fingerprint density at radius 2 is 1.38 bits per heavy atom. The predicted molar refractivity (Wildman–Crippen MR) is 126 cm³/mol. The minimum absolute atomic E-state index is 0.0754. The number of epoxide rings is 1. The SMILES string of the molecule is CC(C)C[C@H](NC(=O)[C@H](CO)NC(=O)C(c1ccccc1)c1ccccc1)C(=O)[C@]1(CO)CO1. The standard InChI is InChI=1S/C26H32N2O6/c1-17(2)13-20(23(31)26(15-30)16-34-26)27-24(32)21(14-29)28-25(33)22(18-9-5-3-6-10-18)19-11-7-4-8-12-19/h3-12,17,20-22,29-30H,13-16H2,1-2H3,(H,27,32)(H,28,33)/t20-,21-,26-/m0/s1. The summed E-state index contributed by atoms with van der Waals surface area (Å²) >= 11 is 0. The molecule has 0 bridgehead atoms. The van der Waals surface area contributed by atoms with Crippen LogP contribution in [0.1, 0.15) is 37.3 Å². The van der Waals surface area contributed by atoms with Crippen molar-refractivity contribution in [2.75, 3.05) is 19.8 Å². The number of Topliss-reactive ketones (excluding diaryl/α,β-unsaturated/α-hetero) is 1. The van der Waals surface area contributed by atoms with Crippen LogP contribution in [0.25, 0.3) is 0 Å². The van der Waals surface area contributed by atoms with Gasteiger partial charge >= 0.3 is 0 Å². The van der Waals surface area contributed by atoms with E-state index >= 15 is 0 Å². The molecule has 1 heterocycles. The Morgan fingerprint density at radius 3 is 1.79 bits per heavy atom. The van der Waals surface area contributed by atoms with Gasteiger partial charge in [-0.15, -0.1) is 0 Å². The third-order valence-corrected chi connectivity index (χ3v) is 5.88. The topological polar surface area (TPSA) is 128 Å². The Hall–Kier alpha value is -3.07. The average molecular weight is 469 g/mol. The Balaban J connectivity index is 1.77. The van der Waals surface area contributed by atoms with E-state index in [1.165, 1.54) is 0 Å². The highest BCUT2D eigenvalue weighted by atomic mass is 16.6. The van der Waals surface area contributed by atoms with Gasteiger partial charge in [0.15, 0.2) is 11.4 Å². The van der Waals surface area contributed by atoms with Crippen LogP contribution in [0.5, 0.6) is 0 Å². The largest absolute Gasteiger partial charge is 0.394 e. The monoisotopic (exact) mass is 468 g/mol. The first-order valence-corrected chi connectivity index (χ1v) is 11.4. The summed E-state index contributed by atoms with van der Waals surface area (Å²) in [6.45, 7) is 2.80. The second kappa shape index (κ2) is 11.4. The van der Waals surface area contributed by atoms with Gasteiger partial charge in [-0.25, -0.2) is 0 Å². The number of carbonyl (C=O) groups excluding carboxylic acids is 3. The van der Waals surface area contributed by atoms with Crippen molar-refractivity contribution in [3.8, 4) is 0 Å². The van der Waals surface area contributed by atoms with Crippen molar-refractivity contribution < 1.29 is 29.3 Å². The normalized spacial score (nSPS) is 18.9. The van der Waals surface area contributed by atoms with Crippen molar-refractivity contribution in [2.45, 2.75) is 43.9 Å². The number of ether oxygens (including phenoxy) is 1. The molecule has 4 N–H and O–H groups in total. The van der Waals surface area contributed by atoms with Gasteiger partial charge in [0.05, 0.1) is 31.8 Å². The van der Waals surface area contributed by atoms with Gasteiger partial charge in [-0.05, 0) is 23.5 Å². The van der Waals surface area contributed by atoms with Gasteiger partial charge in [0.1, 0.15) is 6.04 Å². The molecule has 3 rings (SSSR count). The number of hydrogen-bond donors (Lipinski definition) is 4. The van der Waals surface area contributed by atoms with Crippen LogP contribution in [0, 0.1) is 5.92 Å². The smallest absolute Gasteiger partial charge is 0.245 e. The van der Waals surface area contributed by atoms with Crippen molar-refractivity contribution in [1.29, 1.82) is 0 Å². The molecule has 0 spiro atoms. The molecule has 1 saturated heterocycles. The lowest BCUT2D eigenvalue weighted by Gasteiger charge is -2.26. The minimum atomic E-state index is -1.28. The summed E-state index contributed by atoms with van der Waals surface area (Å²) in [6, 6.07) is 16.1. The van der Waals surface area contributed by atoms with E-state index in [0.29, 0.717) is 6.42 Å². The molecule has 1 aliphatic heterocycles. The summed E-state index contributed by atoms with van der Waals surface area (Å²) in [4.78, 5) is 39.2. The van der Waals surface area contributed by atoms with E-state index < -0.39 is 54.4 Å². The summed E-state index contributed by atoms with van der Waals surface area (Å²) < 4.78 is 5.16. The summed E-state index contributed by atoms with van der Waals surface area (Å²) in [7, 11) is 0. The van der Waals surface area contributed by atoms with E-state index in [4.69, 9.17) is 4.74 Å². The zero-order valence-corrected chi connectivity index (χ0v) is 19.4. The molecule has 0 radical (unpaired) electrons. The predicted octanol–water partition coefficient (Wildman–Crippen LogP) is 1.16. The van der Waals surface area contributed by atoms with Crippen LogP contribution >= 0.6 is 0 Å². The highest BCUT2D eigenvalue weighted by Crippen LogP contribution is 2.30. The van der Waals surface area contributed by atoms with Gasteiger partial charge in [-0.3, -0.25) is 14.4 Å². The molecule has 0 aromatic heterocycles. The first-order chi connectivity index (χ1) is 16.3. The third-order valence-electron chi connectivity index (χ3n) is 5.88. The van der Waals surface area contributed by atoms with Crippen LogP contribution in [-0.2, 0) is 19.1 Å². The Kier molecular flexibility index (Phi) is 8.55. The lowest BCUT2D eigenvalue weighted by atomic mass is 9.90. The van der Waals surface area contributed by atoms with Gasteiger partial charge in [0.2, 0.25) is 11.8 Å². The molecule has 2 aromatic carbocycles. The molecule has 34 heavy (non-hydrogen) atoms. The van der Waals surface area contributed by atoms with Crippen LogP contribution in [0.2, 0.25) is 0 Å². The summed E-state index contributed by atoms with van der Waals surface area (Å²) in [5.41, 5.74) is 0.204. The quantitative estimate of drug-likeness (QED) is 0.346. The Bertz CT molecular complexity index is 936. The number of amides is 2. The average Bonchev–Trinajstić information content (AvgIpc) is 3.64. The maximum Gasteiger partial charge on any atom is 0.245 e. The van der Waals surface area contributed by atoms with E-state index in [2.05, 4.69) is 10.6 Å². The van der Waals surface area contributed by atoms with E-state index in [-0.39, 0.29) is 12.5 Å². The van der Waals surface area contributed by atoms with E-state index in [9.17, 15) is 24.6 Å². The maximum atomic E-state index is 13.3. The van der Waals surface area contributed by atoms with Gasteiger partial charge in [-0.1, -0.05) is 74.5 Å². The maximum absolute atomic E-state index is 13.3. The fourth-order valence-electron chi connectivity index (χ4n) is 3.93. The molecule has 8 nitrogen and oxygen atoms in total. The van der Waals surface area contributed by atoms with Gasteiger partial charge in [0, 0.05) is 0 Å². The van der Waals surface area contributed by atoms with Crippen LogP contribution in [-0.4, -0.2) is 65.3 Å². The molecular formula is C26H32N2O6. The Labute approximate surface area is 199 Å².